The van der Waals surface area contributed by atoms with Crippen LogP contribution in [0.4, 0.5) is 0 Å². The third-order valence-corrected chi connectivity index (χ3v) is 2.91. The van der Waals surface area contributed by atoms with Gasteiger partial charge in [0.15, 0.2) is 0 Å². The maximum atomic E-state index is 11.4. The molecule has 1 fully saturated rings. The molecule has 1 saturated carbocycles. The quantitative estimate of drug-likeness (QED) is 0.886. The van der Waals surface area contributed by atoms with Crippen molar-refractivity contribution in [3.05, 3.63) is 16.4 Å². The highest BCUT2D eigenvalue weighted by molar-refractivity contribution is 9.10. The van der Waals surface area contributed by atoms with Crippen LogP contribution in [0.3, 0.4) is 0 Å². The second-order valence-electron chi connectivity index (χ2n) is 3.60. The van der Waals surface area contributed by atoms with E-state index in [4.69, 9.17) is 0 Å². The van der Waals surface area contributed by atoms with Crippen LogP contribution in [-0.2, 0) is 11.3 Å². The normalized spacial score (nSPS) is 15.6. The predicted octanol–water partition coefficient (Wildman–Crippen LogP) is 1.23. The standard InChI is InChI=1S/C9H12BrN3O/c1-6-8(10)4-13(12-6)5-9(14)11-7-2-3-7/h4,7H,2-3,5H2,1H3,(H,11,14). The summed E-state index contributed by atoms with van der Waals surface area (Å²) in [5, 5.41) is 7.10. The van der Waals surface area contributed by atoms with Crippen molar-refractivity contribution in [1.82, 2.24) is 15.1 Å². The van der Waals surface area contributed by atoms with E-state index in [1.54, 1.807) is 4.68 Å². The molecule has 0 saturated heterocycles. The Labute approximate surface area is 90.8 Å². The number of nitrogens with zero attached hydrogens (tertiary/aromatic N) is 2. The van der Waals surface area contributed by atoms with Crippen molar-refractivity contribution in [2.45, 2.75) is 32.4 Å². The van der Waals surface area contributed by atoms with E-state index in [-0.39, 0.29) is 5.91 Å². The van der Waals surface area contributed by atoms with Gasteiger partial charge in [-0.1, -0.05) is 0 Å². The van der Waals surface area contributed by atoms with Gasteiger partial charge in [0.25, 0.3) is 0 Å². The van der Waals surface area contributed by atoms with Gasteiger partial charge in [-0.25, -0.2) is 0 Å². The average Bonchev–Trinajstić information content (AvgIpc) is 2.82. The molecule has 1 aliphatic carbocycles. The van der Waals surface area contributed by atoms with Crippen LogP contribution in [0, 0.1) is 6.92 Å². The number of aryl methyl sites for hydroxylation is 1. The Morgan fingerprint density at radius 2 is 2.50 bits per heavy atom. The summed E-state index contributed by atoms with van der Waals surface area (Å²) in [7, 11) is 0. The molecule has 1 aromatic heterocycles. The second kappa shape index (κ2) is 3.73. The molecule has 4 nitrogen and oxygen atoms in total. The van der Waals surface area contributed by atoms with Gasteiger partial charge in [-0.2, -0.15) is 5.10 Å². The first-order valence-corrected chi connectivity index (χ1v) is 5.43. The zero-order valence-electron chi connectivity index (χ0n) is 7.96. The first-order valence-electron chi connectivity index (χ1n) is 4.64. The van der Waals surface area contributed by atoms with E-state index in [0.717, 1.165) is 23.0 Å². The van der Waals surface area contributed by atoms with Crippen molar-refractivity contribution in [1.29, 1.82) is 0 Å². The van der Waals surface area contributed by atoms with E-state index in [0.29, 0.717) is 12.6 Å². The molecule has 0 atom stereocenters. The van der Waals surface area contributed by atoms with Crippen molar-refractivity contribution < 1.29 is 4.79 Å². The van der Waals surface area contributed by atoms with Crippen LogP contribution in [0.1, 0.15) is 18.5 Å². The monoisotopic (exact) mass is 257 g/mol. The molecule has 1 aromatic rings. The summed E-state index contributed by atoms with van der Waals surface area (Å²) in [6.45, 7) is 2.21. The van der Waals surface area contributed by atoms with Crippen LogP contribution in [0.25, 0.3) is 0 Å². The highest BCUT2D eigenvalue weighted by atomic mass is 79.9. The molecule has 76 valence electrons. The molecule has 0 spiro atoms. The molecule has 1 aliphatic rings. The molecule has 1 amide bonds. The van der Waals surface area contributed by atoms with Gasteiger partial charge >= 0.3 is 0 Å². The molecule has 0 aliphatic heterocycles. The molecule has 1 N–H and O–H groups in total. The summed E-state index contributed by atoms with van der Waals surface area (Å²) in [6, 6.07) is 0.419. The Morgan fingerprint density at radius 3 is 3.00 bits per heavy atom. The first kappa shape index (κ1) is 9.71. The van der Waals surface area contributed by atoms with E-state index in [2.05, 4.69) is 26.3 Å². The Balaban J connectivity index is 1.92. The molecule has 0 unspecified atom stereocenters. The van der Waals surface area contributed by atoms with Crippen molar-refractivity contribution >= 4 is 21.8 Å². The van der Waals surface area contributed by atoms with Gasteiger partial charge in [0, 0.05) is 12.2 Å². The molecule has 0 radical (unpaired) electrons. The van der Waals surface area contributed by atoms with Gasteiger partial charge in [-0.3, -0.25) is 9.48 Å². The van der Waals surface area contributed by atoms with E-state index < -0.39 is 0 Å². The fraction of sp³-hybridized carbons (Fsp3) is 0.556. The van der Waals surface area contributed by atoms with E-state index in [1.165, 1.54) is 0 Å². The number of nitrogens with one attached hydrogen (secondary N) is 1. The zero-order chi connectivity index (χ0) is 10.1. The van der Waals surface area contributed by atoms with Crippen LogP contribution in [0.5, 0.6) is 0 Å². The lowest BCUT2D eigenvalue weighted by Gasteiger charge is -2.02. The number of aromatic nitrogens is 2. The van der Waals surface area contributed by atoms with E-state index in [9.17, 15) is 4.79 Å². The lowest BCUT2D eigenvalue weighted by Crippen LogP contribution is -2.29. The summed E-state index contributed by atoms with van der Waals surface area (Å²) in [5.74, 6) is 0.0440. The molecule has 1 heterocycles. The number of amides is 1. The van der Waals surface area contributed by atoms with Gasteiger partial charge in [0.05, 0.1) is 10.2 Å². The summed E-state index contributed by atoms with van der Waals surface area (Å²) in [4.78, 5) is 11.4. The van der Waals surface area contributed by atoms with Crippen molar-refractivity contribution in [3.63, 3.8) is 0 Å². The number of hydrogen-bond donors (Lipinski definition) is 1. The largest absolute Gasteiger partial charge is 0.352 e. The maximum absolute atomic E-state index is 11.4. The van der Waals surface area contributed by atoms with Gasteiger partial charge in [-0.05, 0) is 35.7 Å². The summed E-state index contributed by atoms with van der Waals surface area (Å²) >= 11 is 3.35. The SMILES string of the molecule is Cc1nn(CC(=O)NC2CC2)cc1Br. The Kier molecular flexibility index (Phi) is 2.58. The molecule has 2 rings (SSSR count). The topological polar surface area (TPSA) is 46.9 Å². The third kappa shape index (κ3) is 2.35. The zero-order valence-corrected chi connectivity index (χ0v) is 9.54. The first-order chi connectivity index (χ1) is 6.65. The van der Waals surface area contributed by atoms with Gasteiger partial charge in [0.2, 0.25) is 5.91 Å². The molecule has 14 heavy (non-hydrogen) atoms. The summed E-state index contributed by atoms with van der Waals surface area (Å²) in [5.41, 5.74) is 0.907. The van der Waals surface area contributed by atoms with Crippen LogP contribution in [-0.4, -0.2) is 21.7 Å². The molecule has 0 aromatic carbocycles. The number of carbonyl (C=O) groups excluding carboxylic acids is 1. The van der Waals surface area contributed by atoms with Gasteiger partial charge in [-0.15, -0.1) is 0 Å². The Bertz CT molecular complexity index is 337. The van der Waals surface area contributed by atoms with E-state index >= 15 is 0 Å². The minimum atomic E-state index is 0.0440. The number of carbonyl (C=O) groups is 1. The van der Waals surface area contributed by atoms with Crippen LogP contribution >= 0.6 is 15.9 Å². The fourth-order valence-corrected chi connectivity index (χ4v) is 1.54. The lowest BCUT2D eigenvalue weighted by atomic mass is 10.5. The lowest BCUT2D eigenvalue weighted by molar-refractivity contribution is -0.122. The van der Waals surface area contributed by atoms with Crippen LogP contribution < -0.4 is 5.32 Å². The number of halogens is 1. The minimum Gasteiger partial charge on any atom is -0.352 e. The smallest absolute Gasteiger partial charge is 0.241 e. The van der Waals surface area contributed by atoms with Crippen molar-refractivity contribution in [2.24, 2.45) is 0 Å². The Hall–Kier alpha value is -0.840. The van der Waals surface area contributed by atoms with Crippen molar-refractivity contribution in [2.75, 3.05) is 0 Å². The van der Waals surface area contributed by atoms with Crippen molar-refractivity contribution in [3.8, 4) is 0 Å². The number of hydrogen-bond acceptors (Lipinski definition) is 2. The molecular weight excluding hydrogens is 246 g/mol. The molecule has 5 heteroatoms. The van der Waals surface area contributed by atoms with Crippen LogP contribution in [0.2, 0.25) is 0 Å². The molecular formula is C9H12BrN3O. The highest BCUT2D eigenvalue weighted by Crippen LogP contribution is 2.18. The maximum Gasteiger partial charge on any atom is 0.241 e. The highest BCUT2D eigenvalue weighted by Gasteiger charge is 2.23. The van der Waals surface area contributed by atoms with Gasteiger partial charge in [0.1, 0.15) is 6.54 Å². The molecule has 0 bridgehead atoms. The third-order valence-electron chi connectivity index (χ3n) is 2.13. The number of rotatable bonds is 3. The average molecular weight is 258 g/mol. The summed E-state index contributed by atoms with van der Waals surface area (Å²) in [6.07, 6.45) is 4.06. The van der Waals surface area contributed by atoms with Crippen LogP contribution in [0.15, 0.2) is 10.7 Å². The van der Waals surface area contributed by atoms with Gasteiger partial charge < -0.3 is 5.32 Å². The fourth-order valence-electron chi connectivity index (χ4n) is 1.22. The predicted molar refractivity (Wildman–Crippen MR) is 55.8 cm³/mol. The Morgan fingerprint density at radius 1 is 1.79 bits per heavy atom. The summed E-state index contributed by atoms with van der Waals surface area (Å²) < 4.78 is 2.59. The van der Waals surface area contributed by atoms with E-state index in [1.807, 2.05) is 13.1 Å². The minimum absolute atomic E-state index is 0.0440. The second-order valence-corrected chi connectivity index (χ2v) is 4.46.